The number of benzene rings is 1. The number of aromatic nitrogens is 3. The van der Waals surface area contributed by atoms with Gasteiger partial charge in [-0.3, -0.25) is 14.6 Å². The second kappa shape index (κ2) is 7.71. The summed E-state index contributed by atoms with van der Waals surface area (Å²) < 4.78 is 25.6. The van der Waals surface area contributed by atoms with Gasteiger partial charge in [0.15, 0.2) is 9.84 Å². The van der Waals surface area contributed by atoms with Crippen molar-refractivity contribution in [2.75, 3.05) is 5.32 Å². The number of hydrogen-bond donors (Lipinski definition) is 2. The SMILES string of the molecule is Cc1ccccc1-n1nc2c(c1NC(=O)C(=O)NCc1ccncc1)CS(=O)(=O)C2. The number of para-hydroxylation sites is 1. The van der Waals surface area contributed by atoms with Gasteiger partial charge in [-0.2, -0.15) is 5.10 Å². The molecule has 0 bridgehead atoms. The van der Waals surface area contributed by atoms with E-state index in [-0.39, 0.29) is 23.9 Å². The van der Waals surface area contributed by atoms with Crippen LogP contribution in [-0.2, 0) is 37.5 Å². The van der Waals surface area contributed by atoms with Crippen molar-refractivity contribution in [3.8, 4) is 5.69 Å². The number of carbonyl (C=O) groups excluding carboxylic acids is 2. The number of rotatable bonds is 4. The van der Waals surface area contributed by atoms with Gasteiger partial charge in [-0.1, -0.05) is 18.2 Å². The smallest absolute Gasteiger partial charge is 0.314 e. The fraction of sp³-hybridized carbons (Fsp3) is 0.200. The van der Waals surface area contributed by atoms with Crippen LogP contribution in [0.25, 0.3) is 5.69 Å². The molecule has 30 heavy (non-hydrogen) atoms. The van der Waals surface area contributed by atoms with Gasteiger partial charge < -0.3 is 10.6 Å². The van der Waals surface area contributed by atoms with Crippen molar-refractivity contribution >= 4 is 27.5 Å². The van der Waals surface area contributed by atoms with Crippen molar-refractivity contribution in [2.24, 2.45) is 0 Å². The van der Waals surface area contributed by atoms with Gasteiger partial charge in [0.05, 0.1) is 22.9 Å². The van der Waals surface area contributed by atoms with Crippen molar-refractivity contribution in [3.63, 3.8) is 0 Å². The highest BCUT2D eigenvalue weighted by Gasteiger charge is 2.34. The lowest BCUT2D eigenvalue weighted by molar-refractivity contribution is -0.136. The fourth-order valence-electron chi connectivity index (χ4n) is 3.27. The van der Waals surface area contributed by atoms with E-state index in [9.17, 15) is 18.0 Å². The summed E-state index contributed by atoms with van der Waals surface area (Å²) in [6.45, 7) is 2.05. The van der Waals surface area contributed by atoms with Gasteiger partial charge in [-0.25, -0.2) is 13.1 Å². The Labute approximate surface area is 173 Å². The van der Waals surface area contributed by atoms with Crippen LogP contribution >= 0.6 is 0 Å². The van der Waals surface area contributed by atoms with E-state index in [0.29, 0.717) is 16.9 Å². The molecule has 0 saturated heterocycles. The maximum atomic E-state index is 12.5. The zero-order valence-electron chi connectivity index (χ0n) is 16.1. The number of hydrogen-bond acceptors (Lipinski definition) is 6. The number of fused-ring (bicyclic) bond motifs is 1. The molecule has 0 unspecified atom stereocenters. The van der Waals surface area contributed by atoms with Crippen LogP contribution < -0.4 is 10.6 Å². The summed E-state index contributed by atoms with van der Waals surface area (Å²) in [7, 11) is -3.33. The lowest BCUT2D eigenvalue weighted by Crippen LogP contribution is -2.35. The maximum Gasteiger partial charge on any atom is 0.314 e. The first-order valence-corrected chi connectivity index (χ1v) is 11.0. The van der Waals surface area contributed by atoms with Crippen molar-refractivity contribution in [1.82, 2.24) is 20.1 Å². The molecular formula is C20H19N5O4S. The molecule has 3 aromatic rings. The van der Waals surface area contributed by atoms with Crippen molar-refractivity contribution < 1.29 is 18.0 Å². The Morgan fingerprint density at radius 3 is 2.53 bits per heavy atom. The highest BCUT2D eigenvalue weighted by molar-refractivity contribution is 7.90. The lowest BCUT2D eigenvalue weighted by atomic mass is 10.2. The average molecular weight is 425 g/mol. The molecule has 0 atom stereocenters. The summed E-state index contributed by atoms with van der Waals surface area (Å²) >= 11 is 0. The number of nitrogens with one attached hydrogen (secondary N) is 2. The molecule has 0 fully saturated rings. The molecule has 1 aromatic carbocycles. The predicted octanol–water partition coefficient (Wildman–Crippen LogP) is 1.26. The molecule has 1 aliphatic heterocycles. The maximum absolute atomic E-state index is 12.5. The molecule has 154 valence electrons. The van der Waals surface area contributed by atoms with Crippen molar-refractivity contribution in [3.05, 3.63) is 71.2 Å². The summed E-state index contributed by atoms with van der Waals surface area (Å²) in [5.41, 5.74) is 3.17. The number of nitrogens with zero attached hydrogens (tertiary/aromatic N) is 3. The molecule has 2 aromatic heterocycles. The van der Waals surface area contributed by atoms with E-state index in [2.05, 4.69) is 20.7 Å². The van der Waals surface area contributed by atoms with Crippen LogP contribution in [0.5, 0.6) is 0 Å². The molecule has 10 heteroatoms. The van der Waals surface area contributed by atoms with Gasteiger partial charge in [-0.05, 0) is 36.2 Å². The monoisotopic (exact) mass is 425 g/mol. The molecule has 0 saturated carbocycles. The Balaban J connectivity index is 1.60. The Morgan fingerprint density at radius 2 is 1.80 bits per heavy atom. The summed E-state index contributed by atoms with van der Waals surface area (Å²) in [4.78, 5) is 28.7. The van der Waals surface area contributed by atoms with E-state index in [1.807, 2.05) is 31.2 Å². The molecule has 2 N–H and O–H groups in total. The second-order valence-corrected chi connectivity index (χ2v) is 9.06. The summed E-state index contributed by atoms with van der Waals surface area (Å²) in [6, 6.07) is 10.8. The van der Waals surface area contributed by atoms with Crippen LogP contribution in [0.4, 0.5) is 5.82 Å². The molecule has 4 rings (SSSR count). The zero-order valence-corrected chi connectivity index (χ0v) is 16.9. The molecule has 9 nitrogen and oxygen atoms in total. The Bertz CT molecular complexity index is 1240. The lowest BCUT2D eigenvalue weighted by Gasteiger charge is -2.13. The quantitative estimate of drug-likeness (QED) is 0.607. The normalized spacial score (nSPS) is 14.2. The number of aryl methyl sites for hydroxylation is 1. The first-order valence-electron chi connectivity index (χ1n) is 9.19. The van der Waals surface area contributed by atoms with Crippen LogP contribution in [0.2, 0.25) is 0 Å². The van der Waals surface area contributed by atoms with Gasteiger partial charge in [0, 0.05) is 24.5 Å². The predicted molar refractivity (Wildman–Crippen MR) is 109 cm³/mol. The van der Waals surface area contributed by atoms with E-state index in [1.165, 1.54) is 4.68 Å². The third kappa shape index (κ3) is 3.94. The van der Waals surface area contributed by atoms with Gasteiger partial charge in [0.25, 0.3) is 0 Å². The first-order chi connectivity index (χ1) is 14.3. The standard InChI is InChI=1S/C20H19N5O4S/c1-13-4-2-3-5-17(13)25-18(15-11-30(28,29)12-16(15)24-25)23-20(27)19(26)22-10-14-6-8-21-9-7-14/h2-9H,10-12H2,1H3,(H,22,26)(H,23,27). The number of anilines is 1. The number of sulfone groups is 1. The Hall–Kier alpha value is -3.53. The van der Waals surface area contributed by atoms with Gasteiger partial charge in [-0.15, -0.1) is 0 Å². The minimum Gasteiger partial charge on any atom is -0.344 e. The Kier molecular flexibility index (Phi) is 5.08. The van der Waals surface area contributed by atoms with E-state index in [4.69, 9.17) is 0 Å². The van der Waals surface area contributed by atoms with Crippen LogP contribution in [0.1, 0.15) is 22.4 Å². The molecule has 0 aliphatic carbocycles. The summed E-state index contributed by atoms with van der Waals surface area (Å²) in [5, 5.41) is 9.51. The molecule has 0 spiro atoms. The average Bonchev–Trinajstić information content (AvgIpc) is 3.19. The number of carbonyl (C=O) groups is 2. The van der Waals surface area contributed by atoms with Gasteiger partial charge >= 0.3 is 11.8 Å². The molecule has 0 radical (unpaired) electrons. The minimum atomic E-state index is -3.33. The third-order valence-corrected chi connectivity index (χ3v) is 6.21. The zero-order chi connectivity index (χ0) is 21.3. The largest absolute Gasteiger partial charge is 0.344 e. The summed E-state index contributed by atoms with van der Waals surface area (Å²) in [6.07, 6.45) is 3.18. The molecular weight excluding hydrogens is 406 g/mol. The number of amides is 2. The van der Waals surface area contributed by atoms with E-state index >= 15 is 0 Å². The Morgan fingerprint density at radius 1 is 1.07 bits per heavy atom. The van der Waals surface area contributed by atoms with Crippen molar-refractivity contribution in [2.45, 2.75) is 25.0 Å². The second-order valence-electron chi connectivity index (χ2n) is 7.00. The van der Waals surface area contributed by atoms with Crippen LogP contribution in [0.3, 0.4) is 0 Å². The van der Waals surface area contributed by atoms with Crippen LogP contribution in [-0.4, -0.2) is 35.0 Å². The highest BCUT2D eigenvalue weighted by Crippen LogP contribution is 2.33. The minimum absolute atomic E-state index is 0.165. The number of pyridine rings is 1. The highest BCUT2D eigenvalue weighted by atomic mass is 32.2. The molecule has 3 heterocycles. The van der Waals surface area contributed by atoms with Gasteiger partial charge in [0.2, 0.25) is 0 Å². The first kappa shape index (κ1) is 19.8. The van der Waals surface area contributed by atoms with Crippen LogP contribution in [0.15, 0.2) is 48.8 Å². The van der Waals surface area contributed by atoms with E-state index in [0.717, 1.165) is 11.1 Å². The fourth-order valence-corrected chi connectivity index (χ4v) is 4.77. The van der Waals surface area contributed by atoms with Crippen LogP contribution in [0, 0.1) is 6.92 Å². The molecule has 2 amide bonds. The molecule has 1 aliphatic rings. The van der Waals surface area contributed by atoms with Crippen molar-refractivity contribution in [1.29, 1.82) is 0 Å². The van der Waals surface area contributed by atoms with Gasteiger partial charge in [0.1, 0.15) is 5.82 Å². The topological polar surface area (TPSA) is 123 Å². The summed E-state index contributed by atoms with van der Waals surface area (Å²) in [5.74, 6) is -1.96. The van der Waals surface area contributed by atoms with E-state index in [1.54, 1.807) is 24.5 Å². The van der Waals surface area contributed by atoms with E-state index < -0.39 is 21.7 Å². The third-order valence-electron chi connectivity index (χ3n) is 4.77.